The number of piperidine rings is 1. The molecule has 1 aliphatic heterocycles. The van der Waals surface area contributed by atoms with Crippen LogP contribution in [0.5, 0.6) is 0 Å². The molecule has 0 aliphatic carbocycles. The average Bonchev–Trinajstić information content (AvgIpc) is 2.21. The summed E-state index contributed by atoms with van der Waals surface area (Å²) in [5, 5.41) is 0. The van der Waals surface area contributed by atoms with Gasteiger partial charge in [-0.05, 0) is 6.92 Å². The summed E-state index contributed by atoms with van der Waals surface area (Å²) in [7, 11) is 3.70. The highest BCUT2D eigenvalue weighted by molar-refractivity contribution is 5.97. The van der Waals surface area contributed by atoms with E-state index in [2.05, 4.69) is 0 Å². The van der Waals surface area contributed by atoms with E-state index in [1.54, 1.807) is 18.0 Å². The normalized spacial score (nSPS) is 18.8. The lowest BCUT2D eigenvalue weighted by Gasteiger charge is -2.27. The van der Waals surface area contributed by atoms with Crippen molar-refractivity contribution in [2.45, 2.75) is 13.3 Å². The van der Waals surface area contributed by atoms with Crippen molar-refractivity contribution < 1.29 is 14.3 Å². The van der Waals surface area contributed by atoms with Crippen molar-refractivity contribution in [1.29, 1.82) is 0 Å². The first-order valence-corrected chi connectivity index (χ1v) is 5.36. The van der Waals surface area contributed by atoms with E-state index in [-0.39, 0.29) is 11.9 Å². The van der Waals surface area contributed by atoms with E-state index in [0.29, 0.717) is 31.7 Å². The third-order valence-corrected chi connectivity index (χ3v) is 2.27. The van der Waals surface area contributed by atoms with Gasteiger partial charge in [0.2, 0.25) is 0 Å². The highest BCUT2D eigenvalue weighted by atomic mass is 16.6. The van der Waals surface area contributed by atoms with Crippen LogP contribution < -0.4 is 0 Å². The first-order chi connectivity index (χ1) is 7.54. The van der Waals surface area contributed by atoms with Crippen LogP contribution in [-0.4, -0.2) is 55.5 Å². The lowest BCUT2D eigenvalue weighted by Crippen LogP contribution is -2.40. The Balaban J connectivity index is 2.67. The third-order valence-electron chi connectivity index (χ3n) is 2.27. The minimum absolute atomic E-state index is 0.106. The van der Waals surface area contributed by atoms with Crippen LogP contribution in [0.4, 0.5) is 4.79 Å². The SMILES string of the molecule is CCOC(=O)N1CCC(=O)C(=CN(C)C)C1. The third kappa shape index (κ3) is 3.25. The van der Waals surface area contributed by atoms with Crippen LogP contribution in [0.1, 0.15) is 13.3 Å². The second kappa shape index (κ2) is 5.53. The molecule has 0 radical (unpaired) electrons. The number of rotatable bonds is 2. The van der Waals surface area contributed by atoms with Gasteiger partial charge in [-0.1, -0.05) is 0 Å². The quantitative estimate of drug-likeness (QED) is 0.655. The van der Waals surface area contributed by atoms with Gasteiger partial charge in [-0.25, -0.2) is 4.79 Å². The van der Waals surface area contributed by atoms with E-state index in [1.807, 2.05) is 19.0 Å². The largest absolute Gasteiger partial charge is 0.450 e. The highest BCUT2D eigenvalue weighted by Crippen LogP contribution is 2.13. The molecule has 1 amide bonds. The van der Waals surface area contributed by atoms with Gasteiger partial charge >= 0.3 is 6.09 Å². The van der Waals surface area contributed by atoms with Crippen molar-refractivity contribution >= 4 is 11.9 Å². The zero-order chi connectivity index (χ0) is 12.1. The molecule has 5 nitrogen and oxygen atoms in total. The van der Waals surface area contributed by atoms with Gasteiger partial charge in [0, 0.05) is 38.8 Å². The predicted molar refractivity (Wildman–Crippen MR) is 60.0 cm³/mol. The molecule has 0 bridgehead atoms. The molecule has 1 aliphatic rings. The Bertz CT molecular complexity index is 310. The van der Waals surface area contributed by atoms with Crippen LogP contribution >= 0.6 is 0 Å². The maximum Gasteiger partial charge on any atom is 0.410 e. The summed E-state index contributed by atoms with van der Waals surface area (Å²) < 4.78 is 4.90. The number of carbonyl (C=O) groups is 2. The molecule has 1 heterocycles. The number of nitrogens with zero attached hydrogens (tertiary/aromatic N) is 2. The predicted octanol–water partition coefficient (Wildman–Crippen LogP) is 0.863. The van der Waals surface area contributed by atoms with Crippen LogP contribution in [0.3, 0.4) is 0 Å². The molecule has 0 aromatic heterocycles. The minimum Gasteiger partial charge on any atom is -0.450 e. The van der Waals surface area contributed by atoms with Crippen LogP contribution in [0.2, 0.25) is 0 Å². The Labute approximate surface area is 95.6 Å². The van der Waals surface area contributed by atoms with Gasteiger partial charge in [-0.3, -0.25) is 4.79 Å². The standard InChI is InChI=1S/C11H18N2O3/c1-4-16-11(15)13-6-5-10(14)9(8-13)7-12(2)3/h7H,4-6,8H2,1-3H3. The summed E-state index contributed by atoms with van der Waals surface area (Å²) in [6.45, 7) is 2.91. The lowest BCUT2D eigenvalue weighted by molar-refractivity contribution is -0.117. The summed E-state index contributed by atoms with van der Waals surface area (Å²) in [6.07, 6.45) is 1.78. The number of hydrogen-bond acceptors (Lipinski definition) is 4. The fraction of sp³-hybridized carbons (Fsp3) is 0.636. The monoisotopic (exact) mass is 226 g/mol. The Morgan fingerprint density at radius 1 is 1.56 bits per heavy atom. The number of amides is 1. The minimum atomic E-state index is -0.348. The Kier molecular flexibility index (Phi) is 4.34. The molecule has 0 saturated carbocycles. The molecule has 0 atom stereocenters. The smallest absolute Gasteiger partial charge is 0.410 e. The summed E-state index contributed by atoms with van der Waals surface area (Å²) in [5.74, 6) is 0.106. The lowest BCUT2D eigenvalue weighted by atomic mass is 10.0. The van der Waals surface area contributed by atoms with Crippen molar-refractivity contribution in [3.8, 4) is 0 Å². The average molecular weight is 226 g/mol. The second-order valence-electron chi connectivity index (χ2n) is 3.91. The highest BCUT2D eigenvalue weighted by Gasteiger charge is 2.25. The molecular formula is C11H18N2O3. The van der Waals surface area contributed by atoms with Crippen molar-refractivity contribution in [1.82, 2.24) is 9.80 Å². The second-order valence-corrected chi connectivity index (χ2v) is 3.91. The van der Waals surface area contributed by atoms with E-state index in [1.165, 1.54) is 0 Å². The van der Waals surface area contributed by atoms with Crippen LogP contribution in [0, 0.1) is 0 Å². The maximum atomic E-state index is 11.6. The molecule has 16 heavy (non-hydrogen) atoms. The van der Waals surface area contributed by atoms with Gasteiger partial charge in [0.1, 0.15) is 0 Å². The van der Waals surface area contributed by atoms with Gasteiger partial charge in [0.05, 0.1) is 13.2 Å². The summed E-state index contributed by atoms with van der Waals surface area (Å²) in [5.41, 5.74) is 0.657. The molecule has 1 saturated heterocycles. The van der Waals surface area contributed by atoms with E-state index in [9.17, 15) is 9.59 Å². The van der Waals surface area contributed by atoms with Gasteiger partial charge in [0.25, 0.3) is 0 Å². The van der Waals surface area contributed by atoms with Gasteiger partial charge in [-0.2, -0.15) is 0 Å². The van der Waals surface area contributed by atoms with Crippen molar-refractivity contribution in [3.05, 3.63) is 11.8 Å². The fourth-order valence-corrected chi connectivity index (χ4v) is 1.57. The van der Waals surface area contributed by atoms with Crippen LogP contribution in [0.25, 0.3) is 0 Å². The molecule has 0 aromatic carbocycles. The first-order valence-electron chi connectivity index (χ1n) is 5.36. The number of ketones is 1. The van der Waals surface area contributed by atoms with E-state index < -0.39 is 0 Å². The Hall–Kier alpha value is -1.52. The van der Waals surface area contributed by atoms with Gasteiger partial charge < -0.3 is 14.5 Å². The zero-order valence-corrected chi connectivity index (χ0v) is 10.0. The van der Waals surface area contributed by atoms with Crippen LogP contribution in [0.15, 0.2) is 11.8 Å². The van der Waals surface area contributed by atoms with E-state index in [0.717, 1.165) is 0 Å². The van der Waals surface area contributed by atoms with Gasteiger partial charge in [-0.15, -0.1) is 0 Å². The molecule has 0 aromatic rings. The molecule has 0 unspecified atom stereocenters. The van der Waals surface area contributed by atoms with E-state index >= 15 is 0 Å². The molecule has 0 spiro atoms. The van der Waals surface area contributed by atoms with Crippen molar-refractivity contribution in [3.63, 3.8) is 0 Å². The fourth-order valence-electron chi connectivity index (χ4n) is 1.57. The van der Waals surface area contributed by atoms with Crippen LogP contribution in [-0.2, 0) is 9.53 Å². The van der Waals surface area contributed by atoms with Gasteiger partial charge in [0.15, 0.2) is 5.78 Å². The Morgan fingerprint density at radius 3 is 2.81 bits per heavy atom. The van der Waals surface area contributed by atoms with E-state index in [4.69, 9.17) is 4.74 Å². The summed E-state index contributed by atoms with van der Waals surface area (Å²) >= 11 is 0. The Morgan fingerprint density at radius 2 is 2.25 bits per heavy atom. The molecule has 5 heteroatoms. The number of ether oxygens (including phenoxy) is 1. The first kappa shape index (κ1) is 12.5. The molecule has 1 rings (SSSR count). The number of likely N-dealkylation sites (tertiary alicyclic amines) is 1. The van der Waals surface area contributed by atoms with Crippen molar-refractivity contribution in [2.75, 3.05) is 33.8 Å². The maximum absolute atomic E-state index is 11.6. The number of Topliss-reactive ketones (excluding diaryl/α,β-unsaturated/α-hetero) is 1. The number of carbonyl (C=O) groups excluding carboxylic acids is 2. The molecular weight excluding hydrogens is 208 g/mol. The summed E-state index contributed by atoms with van der Waals surface area (Å²) in [4.78, 5) is 26.4. The van der Waals surface area contributed by atoms with Crippen molar-refractivity contribution in [2.24, 2.45) is 0 Å². The molecule has 1 fully saturated rings. The summed E-state index contributed by atoms with van der Waals surface area (Å²) in [6, 6.07) is 0. The zero-order valence-electron chi connectivity index (χ0n) is 10.0. The molecule has 0 N–H and O–H groups in total. The molecule has 90 valence electrons. The number of hydrogen-bond donors (Lipinski definition) is 0. The topological polar surface area (TPSA) is 49.9 Å².